The molecule has 1 rings (SSSR count). The molecule has 1 fully saturated rings. The number of allylic oxidation sites excluding steroid dienone is 3. The van der Waals surface area contributed by atoms with Crippen molar-refractivity contribution >= 4 is 11.8 Å². The van der Waals surface area contributed by atoms with Crippen molar-refractivity contribution in [1.29, 1.82) is 0 Å². The fourth-order valence-corrected chi connectivity index (χ4v) is 3.50. The number of aliphatic hydroxyl groups excluding tert-OH is 1. The van der Waals surface area contributed by atoms with Gasteiger partial charge in [0, 0.05) is 24.7 Å². The number of rotatable bonds is 12. The van der Waals surface area contributed by atoms with Crippen LogP contribution < -0.4 is 0 Å². The quantitative estimate of drug-likeness (QED) is 0.373. The van der Waals surface area contributed by atoms with Crippen LogP contribution in [0.25, 0.3) is 0 Å². The highest BCUT2D eigenvalue weighted by Crippen LogP contribution is 2.36. The van der Waals surface area contributed by atoms with Crippen molar-refractivity contribution in [3.05, 3.63) is 24.3 Å². The molecule has 0 aliphatic heterocycles. The summed E-state index contributed by atoms with van der Waals surface area (Å²) >= 11 is 0. The lowest BCUT2D eigenvalue weighted by Crippen LogP contribution is -2.28. The lowest BCUT2D eigenvalue weighted by atomic mass is 9.80. The first-order valence-electron chi connectivity index (χ1n) is 10.1. The van der Waals surface area contributed by atoms with Crippen LogP contribution in [0.4, 0.5) is 4.39 Å². The molecule has 1 unspecified atom stereocenters. The highest BCUT2D eigenvalue weighted by atomic mass is 19.1. The number of aliphatic hydroxyl groups is 1. The number of ketones is 1. The molecule has 4 atom stereocenters. The molecule has 0 heterocycles. The molecular weight excluding hydrogens is 347 g/mol. The van der Waals surface area contributed by atoms with Crippen LogP contribution in [0.15, 0.2) is 24.3 Å². The van der Waals surface area contributed by atoms with Gasteiger partial charge in [0.25, 0.3) is 0 Å². The third-order valence-corrected chi connectivity index (χ3v) is 5.50. The van der Waals surface area contributed by atoms with Crippen molar-refractivity contribution in [3.8, 4) is 0 Å². The molecule has 1 aliphatic rings. The zero-order valence-electron chi connectivity index (χ0n) is 16.9. The SMILES string of the molecule is CCCCC(C)(C)C(O)C=C[C@H]1[C@H](F)CC(=O)[C@@H]1CC=CCCCC(=O)O. The Labute approximate surface area is 162 Å². The van der Waals surface area contributed by atoms with Gasteiger partial charge >= 0.3 is 5.97 Å². The molecule has 5 heteroatoms. The second kappa shape index (κ2) is 11.4. The second-order valence-electron chi connectivity index (χ2n) is 8.29. The third kappa shape index (κ3) is 7.96. The molecule has 0 aromatic carbocycles. The van der Waals surface area contributed by atoms with Crippen molar-refractivity contribution in [2.24, 2.45) is 17.3 Å². The number of hydrogen-bond donors (Lipinski definition) is 2. The Morgan fingerprint density at radius 1 is 1.33 bits per heavy atom. The highest BCUT2D eigenvalue weighted by molar-refractivity contribution is 5.84. The normalized spacial score (nSPS) is 24.9. The largest absolute Gasteiger partial charge is 0.481 e. The van der Waals surface area contributed by atoms with Crippen LogP contribution in [0.5, 0.6) is 0 Å². The number of alkyl halides is 1. The molecule has 1 saturated carbocycles. The third-order valence-electron chi connectivity index (χ3n) is 5.50. The number of carboxylic acids is 1. The Morgan fingerprint density at radius 3 is 2.67 bits per heavy atom. The van der Waals surface area contributed by atoms with E-state index in [1.165, 1.54) is 0 Å². The van der Waals surface area contributed by atoms with E-state index in [0.717, 1.165) is 19.3 Å². The summed E-state index contributed by atoms with van der Waals surface area (Å²) in [6.07, 6.45) is 9.88. The van der Waals surface area contributed by atoms with E-state index in [0.29, 0.717) is 19.3 Å². The molecule has 2 N–H and O–H groups in total. The van der Waals surface area contributed by atoms with E-state index >= 15 is 0 Å². The average molecular weight is 383 g/mol. The van der Waals surface area contributed by atoms with Crippen molar-refractivity contribution in [2.45, 2.75) is 84.4 Å². The lowest BCUT2D eigenvalue weighted by molar-refractivity contribution is -0.137. The van der Waals surface area contributed by atoms with Gasteiger partial charge in [0.1, 0.15) is 12.0 Å². The van der Waals surface area contributed by atoms with Gasteiger partial charge < -0.3 is 10.2 Å². The van der Waals surface area contributed by atoms with Crippen LogP contribution in [-0.4, -0.2) is 34.2 Å². The van der Waals surface area contributed by atoms with Gasteiger partial charge in [0.05, 0.1) is 6.10 Å². The van der Waals surface area contributed by atoms with Crippen LogP contribution >= 0.6 is 0 Å². The first-order chi connectivity index (χ1) is 12.7. The fourth-order valence-electron chi connectivity index (χ4n) is 3.50. The Kier molecular flexibility index (Phi) is 9.92. The van der Waals surface area contributed by atoms with Crippen molar-refractivity contribution in [1.82, 2.24) is 0 Å². The molecular formula is C22H35FO4. The van der Waals surface area contributed by atoms with Gasteiger partial charge in [-0.3, -0.25) is 9.59 Å². The van der Waals surface area contributed by atoms with Crippen LogP contribution in [0, 0.1) is 17.3 Å². The number of Topliss-reactive ketones (excluding diaryl/α,β-unsaturated/α-hetero) is 1. The predicted octanol–water partition coefficient (Wildman–Crippen LogP) is 4.86. The molecule has 0 saturated heterocycles. The van der Waals surface area contributed by atoms with Crippen molar-refractivity contribution in [3.63, 3.8) is 0 Å². The molecule has 27 heavy (non-hydrogen) atoms. The van der Waals surface area contributed by atoms with Crippen molar-refractivity contribution in [2.75, 3.05) is 0 Å². The summed E-state index contributed by atoms with van der Waals surface area (Å²) in [5.74, 6) is -1.80. The zero-order valence-corrected chi connectivity index (χ0v) is 16.9. The predicted molar refractivity (Wildman–Crippen MR) is 105 cm³/mol. The summed E-state index contributed by atoms with van der Waals surface area (Å²) in [6, 6.07) is 0. The van der Waals surface area contributed by atoms with E-state index in [-0.39, 0.29) is 24.0 Å². The Balaban J connectivity index is 2.63. The van der Waals surface area contributed by atoms with Crippen LogP contribution in [-0.2, 0) is 9.59 Å². The van der Waals surface area contributed by atoms with Crippen LogP contribution in [0.2, 0.25) is 0 Å². The number of hydrogen-bond acceptors (Lipinski definition) is 3. The smallest absolute Gasteiger partial charge is 0.303 e. The minimum atomic E-state index is -1.20. The Morgan fingerprint density at radius 2 is 2.04 bits per heavy atom. The Hall–Kier alpha value is -1.49. The maximum atomic E-state index is 14.3. The summed E-state index contributed by atoms with van der Waals surface area (Å²) in [5, 5.41) is 19.1. The number of halogens is 1. The standard InChI is InChI=1S/C22H35FO4/c1-4-5-14-22(2,3)20(25)13-12-16-17(19(24)15-18(16)23)10-8-6-7-9-11-21(26)27/h6,8,12-13,16-18,20,25H,4-5,7,9-11,14-15H2,1-3H3,(H,26,27)/t16-,17-,18-,20?/m1/s1. The van der Waals surface area contributed by atoms with Gasteiger partial charge in [-0.1, -0.05) is 57.9 Å². The summed E-state index contributed by atoms with van der Waals surface area (Å²) < 4.78 is 14.3. The van der Waals surface area contributed by atoms with Gasteiger partial charge in [-0.25, -0.2) is 4.39 Å². The maximum absolute atomic E-state index is 14.3. The van der Waals surface area contributed by atoms with Crippen LogP contribution in [0.3, 0.4) is 0 Å². The second-order valence-corrected chi connectivity index (χ2v) is 8.29. The number of aliphatic carboxylic acids is 1. The van der Waals surface area contributed by atoms with E-state index in [1.54, 1.807) is 12.2 Å². The number of unbranched alkanes of at least 4 members (excludes halogenated alkanes) is 2. The van der Waals surface area contributed by atoms with Crippen LogP contribution in [0.1, 0.15) is 72.1 Å². The Bertz CT molecular complexity index is 538. The van der Waals surface area contributed by atoms with Gasteiger partial charge in [-0.2, -0.15) is 0 Å². The minimum Gasteiger partial charge on any atom is -0.481 e. The van der Waals surface area contributed by atoms with E-state index in [1.807, 2.05) is 26.0 Å². The lowest BCUT2D eigenvalue weighted by Gasteiger charge is -2.29. The highest BCUT2D eigenvalue weighted by Gasteiger charge is 2.40. The molecule has 154 valence electrons. The topological polar surface area (TPSA) is 74.6 Å². The number of carbonyl (C=O) groups is 2. The molecule has 0 amide bonds. The summed E-state index contributed by atoms with van der Waals surface area (Å²) in [6.45, 7) is 6.11. The fraction of sp³-hybridized carbons (Fsp3) is 0.727. The van der Waals surface area contributed by atoms with Gasteiger partial charge in [0.2, 0.25) is 0 Å². The molecule has 4 nitrogen and oxygen atoms in total. The summed E-state index contributed by atoms with van der Waals surface area (Å²) in [4.78, 5) is 22.6. The maximum Gasteiger partial charge on any atom is 0.303 e. The van der Waals surface area contributed by atoms with E-state index < -0.39 is 30.1 Å². The summed E-state index contributed by atoms with van der Waals surface area (Å²) in [7, 11) is 0. The number of carboxylic acid groups (broad SMARTS) is 1. The molecule has 0 aromatic heterocycles. The minimum absolute atomic E-state index is 0.0676. The molecule has 0 spiro atoms. The van der Waals surface area contributed by atoms with E-state index in [2.05, 4.69) is 6.92 Å². The molecule has 0 bridgehead atoms. The average Bonchev–Trinajstić information content (AvgIpc) is 2.86. The van der Waals surface area contributed by atoms with E-state index in [4.69, 9.17) is 5.11 Å². The molecule has 0 aromatic rings. The van der Waals surface area contributed by atoms with Gasteiger partial charge in [-0.05, 0) is 31.1 Å². The molecule has 0 radical (unpaired) electrons. The van der Waals surface area contributed by atoms with E-state index in [9.17, 15) is 19.1 Å². The van der Waals surface area contributed by atoms with Crippen molar-refractivity contribution < 1.29 is 24.2 Å². The van der Waals surface area contributed by atoms with Gasteiger partial charge in [0.15, 0.2) is 0 Å². The molecule has 1 aliphatic carbocycles. The van der Waals surface area contributed by atoms with Gasteiger partial charge in [-0.15, -0.1) is 0 Å². The summed E-state index contributed by atoms with van der Waals surface area (Å²) in [5.41, 5.74) is -0.277. The first kappa shape index (κ1) is 23.5. The monoisotopic (exact) mass is 382 g/mol. The number of carbonyl (C=O) groups excluding carboxylic acids is 1. The first-order valence-corrected chi connectivity index (χ1v) is 10.1. The zero-order chi connectivity index (χ0) is 20.4.